The monoisotopic (exact) mass is 266 g/mol. The van der Waals surface area contributed by atoms with Crippen LogP contribution in [0, 0.1) is 0 Å². The first kappa shape index (κ1) is 15.1. The molecule has 0 fully saturated rings. The van der Waals surface area contributed by atoms with Crippen molar-refractivity contribution in [3.8, 4) is 0 Å². The van der Waals surface area contributed by atoms with Crippen LogP contribution in [0.5, 0.6) is 0 Å². The van der Waals surface area contributed by atoms with Crippen molar-refractivity contribution >= 4 is 17.7 Å². The Morgan fingerprint density at radius 3 is 2.39 bits per heavy atom. The van der Waals surface area contributed by atoms with Gasteiger partial charge in [0.15, 0.2) is 0 Å². The summed E-state index contributed by atoms with van der Waals surface area (Å²) in [4.78, 5) is 12.3. The lowest BCUT2D eigenvalue weighted by molar-refractivity contribution is -0.119. The third-order valence-corrected chi connectivity index (χ3v) is 3.96. The summed E-state index contributed by atoms with van der Waals surface area (Å²) in [5.74, 6) is 1.16. The summed E-state index contributed by atoms with van der Waals surface area (Å²) in [5, 5.41) is 2.92. The molecule has 1 aromatic carbocycles. The van der Waals surface area contributed by atoms with Crippen molar-refractivity contribution in [1.29, 1.82) is 0 Å². The Morgan fingerprint density at radius 2 is 1.94 bits per heavy atom. The van der Waals surface area contributed by atoms with Gasteiger partial charge in [-0.2, -0.15) is 0 Å². The summed E-state index contributed by atoms with van der Waals surface area (Å²) in [5.41, 5.74) is 6.62. The van der Waals surface area contributed by atoms with Crippen LogP contribution in [0.1, 0.15) is 31.7 Å². The minimum Gasteiger partial charge on any atom is -0.368 e. The fourth-order valence-electron chi connectivity index (χ4n) is 1.67. The van der Waals surface area contributed by atoms with Crippen LogP contribution in [-0.4, -0.2) is 24.7 Å². The first-order valence-corrected chi connectivity index (χ1v) is 7.22. The number of carbonyl (C=O) groups is 1. The smallest absolute Gasteiger partial charge is 0.234 e. The van der Waals surface area contributed by atoms with Crippen molar-refractivity contribution in [2.45, 2.75) is 37.1 Å². The maximum absolute atomic E-state index is 11.0. The summed E-state index contributed by atoms with van der Waals surface area (Å²) >= 11 is 1.75. The molecule has 18 heavy (non-hydrogen) atoms. The fourth-order valence-corrected chi connectivity index (χ4v) is 2.59. The second-order valence-corrected chi connectivity index (χ2v) is 5.77. The number of rotatable bonds is 7. The Bertz CT molecular complexity index is 376. The average Bonchev–Trinajstić information content (AvgIpc) is 2.34. The van der Waals surface area contributed by atoms with Gasteiger partial charge in [-0.25, -0.2) is 0 Å². The van der Waals surface area contributed by atoms with Gasteiger partial charge in [-0.1, -0.05) is 26.0 Å². The predicted molar refractivity (Wildman–Crippen MR) is 77.9 cm³/mol. The molecule has 0 bridgehead atoms. The van der Waals surface area contributed by atoms with Crippen molar-refractivity contribution in [3.05, 3.63) is 29.8 Å². The Balaban J connectivity index is 2.42. The summed E-state index contributed by atoms with van der Waals surface area (Å²) < 4.78 is 0. The molecule has 1 amide bonds. The van der Waals surface area contributed by atoms with Crippen LogP contribution in [0.4, 0.5) is 0 Å². The lowest BCUT2D eigenvalue weighted by Crippen LogP contribution is -2.39. The van der Waals surface area contributed by atoms with E-state index in [4.69, 9.17) is 5.73 Å². The Hall–Kier alpha value is -1.00. The van der Waals surface area contributed by atoms with Crippen LogP contribution in [0.25, 0.3) is 0 Å². The molecular weight excluding hydrogens is 244 g/mol. The molecule has 0 saturated carbocycles. The third-order valence-electron chi connectivity index (χ3n) is 2.91. The van der Waals surface area contributed by atoms with E-state index in [1.807, 2.05) is 0 Å². The van der Waals surface area contributed by atoms with Crippen molar-refractivity contribution in [3.63, 3.8) is 0 Å². The van der Waals surface area contributed by atoms with Crippen LogP contribution in [-0.2, 0) is 4.79 Å². The number of hydrogen-bond donors (Lipinski definition) is 2. The van der Waals surface area contributed by atoms with E-state index < -0.39 is 0 Å². The van der Waals surface area contributed by atoms with Gasteiger partial charge in [0, 0.05) is 4.90 Å². The SMILES string of the molecule is CNC(CCSc1ccc(C(C)C)cc1)C(N)=O. The molecule has 4 heteroatoms. The highest BCUT2D eigenvalue weighted by molar-refractivity contribution is 7.99. The van der Waals surface area contributed by atoms with Crippen molar-refractivity contribution < 1.29 is 4.79 Å². The van der Waals surface area contributed by atoms with E-state index in [1.54, 1.807) is 18.8 Å². The molecule has 1 atom stereocenters. The first-order valence-electron chi connectivity index (χ1n) is 6.24. The molecule has 0 heterocycles. The predicted octanol–water partition coefficient (Wildman–Crippen LogP) is 2.37. The zero-order valence-corrected chi connectivity index (χ0v) is 12.1. The number of benzene rings is 1. The summed E-state index contributed by atoms with van der Waals surface area (Å²) in [6, 6.07) is 8.37. The van der Waals surface area contributed by atoms with Crippen molar-refractivity contribution in [2.24, 2.45) is 5.73 Å². The van der Waals surface area contributed by atoms with Gasteiger partial charge in [0.1, 0.15) is 0 Å². The van der Waals surface area contributed by atoms with Gasteiger partial charge in [0.05, 0.1) is 6.04 Å². The van der Waals surface area contributed by atoms with Crippen LogP contribution >= 0.6 is 11.8 Å². The van der Waals surface area contributed by atoms with Gasteiger partial charge in [0.25, 0.3) is 0 Å². The fraction of sp³-hybridized carbons (Fsp3) is 0.500. The van der Waals surface area contributed by atoms with E-state index in [0.29, 0.717) is 5.92 Å². The lowest BCUT2D eigenvalue weighted by atomic mass is 10.0. The number of likely N-dealkylation sites (N-methyl/N-ethyl adjacent to an activating group) is 1. The molecule has 0 spiro atoms. The zero-order valence-electron chi connectivity index (χ0n) is 11.3. The number of amides is 1. The van der Waals surface area contributed by atoms with Crippen molar-refractivity contribution in [1.82, 2.24) is 5.32 Å². The number of primary amides is 1. The molecule has 1 rings (SSSR count). The van der Waals surface area contributed by atoms with E-state index in [2.05, 4.69) is 43.4 Å². The van der Waals surface area contributed by atoms with Crippen LogP contribution in [0.15, 0.2) is 29.2 Å². The maximum atomic E-state index is 11.0. The van der Waals surface area contributed by atoms with Crippen molar-refractivity contribution in [2.75, 3.05) is 12.8 Å². The molecule has 100 valence electrons. The molecule has 0 aromatic heterocycles. The van der Waals surface area contributed by atoms with E-state index in [-0.39, 0.29) is 11.9 Å². The third kappa shape index (κ3) is 4.70. The molecule has 3 N–H and O–H groups in total. The summed E-state index contributed by atoms with van der Waals surface area (Å²) in [6.45, 7) is 4.37. The Labute approximate surface area is 114 Å². The lowest BCUT2D eigenvalue weighted by Gasteiger charge is -2.11. The highest BCUT2D eigenvalue weighted by Gasteiger charge is 2.11. The largest absolute Gasteiger partial charge is 0.368 e. The standard InChI is InChI=1S/C14H22N2OS/c1-10(2)11-4-6-12(7-5-11)18-9-8-13(16-3)14(15)17/h4-7,10,13,16H,8-9H2,1-3H3,(H2,15,17). The van der Waals surface area contributed by atoms with E-state index in [1.165, 1.54) is 10.5 Å². The number of hydrogen-bond acceptors (Lipinski definition) is 3. The molecule has 0 saturated heterocycles. The van der Waals surface area contributed by atoms with E-state index in [9.17, 15) is 4.79 Å². The molecule has 0 aliphatic rings. The average molecular weight is 266 g/mol. The zero-order chi connectivity index (χ0) is 13.5. The summed E-state index contributed by atoms with van der Waals surface area (Å²) in [7, 11) is 1.76. The first-order chi connectivity index (χ1) is 8.54. The molecule has 0 aliphatic heterocycles. The van der Waals surface area contributed by atoms with E-state index >= 15 is 0 Å². The summed E-state index contributed by atoms with van der Waals surface area (Å²) in [6.07, 6.45) is 0.752. The molecule has 1 unspecified atom stereocenters. The van der Waals surface area contributed by atoms with Gasteiger partial charge < -0.3 is 11.1 Å². The minimum absolute atomic E-state index is 0.229. The van der Waals surface area contributed by atoms with Gasteiger partial charge in [-0.3, -0.25) is 4.79 Å². The normalized spacial score (nSPS) is 12.7. The number of nitrogens with two attached hydrogens (primary N) is 1. The molecular formula is C14H22N2OS. The molecule has 1 aromatic rings. The Kier molecular flexibility index (Phi) is 6.22. The van der Waals surface area contributed by atoms with Crippen LogP contribution in [0.2, 0.25) is 0 Å². The number of thioether (sulfide) groups is 1. The van der Waals surface area contributed by atoms with Crippen LogP contribution in [0.3, 0.4) is 0 Å². The van der Waals surface area contributed by atoms with Gasteiger partial charge >= 0.3 is 0 Å². The highest BCUT2D eigenvalue weighted by Crippen LogP contribution is 2.22. The maximum Gasteiger partial charge on any atom is 0.234 e. The second-order valence-electron chi connectivity index (χ2n) is 4.60. The topological polar surface area (TPSA) is 55.1 Å². The quantitative estimate of drug-likeness (QED) is 0.745. The Morgan fingerprint density at radius 1 is 1.33 bits per heavy atom. The molecule has 0 aliphatic carbocycles. The van der Waals surface area contributed by atoms with Gasteiger partial charge in [-0.05, 0) is 42.8 Å². The molecule has 3 nitrogen and oxygen atoms in total. The number of nitrogens with one attached hydrogen (secondary N) is 1. The highest BCUT2D eigenvalue weighted by atomic mass is 32.2. The van der Waals surface area contributed by atoms with Crippen LogP contribution < -0.4 is 11.1 Å². The van der Waals surface area contributed by atoms with E-state index in [0.717, 1.165) is 12.2 Å². The second kappa shape index (κ2) is 7.44. The van der Waals surface area contributed by atoms with Gasteiger partial charge in [-0.15, -0.1) is 11.8 Å². The van der Waals surface area contributed by atoms with Gasteiger partial charge in [0.2, 0.25) is 5.91 Å². The number of carbonyl (C=O) groups excluding carboxylic acids is 1. The minimum atomic E-state index is -0.284. The molecule has 0 radical (unpaired) electrons.